The molecule has 0 atom stereocenters. The number of nitrogens with zero attached hydrogens (tertiary/aromatic N) is 6. The standard InChI is InChI=1S/C19H15BrClN7O/c1-12-17(24-26-28(12)16-4-2-3-15(21)9-16)18(29)23-19-22-11-27(25-19)10-13-5-7-14(20)8-6-13/h2-9,11H,10H2,1H3,(H,23,25,29). The summed E-state index contributed by atoms with van der Waals surface area (Å²) < 4.78 is 4.21. The zero-order valence-electron chi connectivity index (χ0n) is 15.3. The molecule has 0 bridgehead atoms. The van der Waals surface area contributed by atoms with Crippen LogP contribution < -0.4 is 5.32 Å². The summed E-state index contributed by atoms with van der Waals surface area (Å²) in [6, 6.07) is 15.0. The molecule has 0 saturated carbocycles. The van der Waals surface area contributed by atoms with Gasteiger partial charge < -0.3 is 0 Å². The number of hydrogen-bond acceptors (Lipinski definition) is 5. The van der Waals surface area contributed by atoms with Gasteiger partial charge in [0.1, 0.15) is 6.33 Å². The minimum absolute atomic E-state index is 0.189. The second-order valence-corrected chi connectivity index (χ2v) is 7.61. The van der Waals surface area contributed by atoms with E-state index in [0.717, 1.165) is 15.7 Å². The highest BCUT2D eigenvalue weighted by molar-refractivity contribution is 9.10. The number of hydrogen-bond donors (Lipinski definition) is 1. The Morgan fingerprint density at radius 1 is 1.21 bits per heavy atom. The van der Waals surface area contributed by atoms with Gasteiger partial charge in [0.15, 0.2) is 5.69 Å². The molecule has 0 radical (unpaired) electrons. The van der Waals surface area contributed by atoms with Crippen LogP contribution in [0.4, 0.5) is 5.95 Å². The number of aromatic nitrogens is 6. The van der Waals surface area contributed by atoms with Gasteiger partial charge in [0.25, 0.3) is 5.91 Å². The van der Waals surface area contributed by atoms with E-state index in [9.17, 15) is 4.79 Å². The Morgan fingerprint density at radius 2 is 2.00 bits per heavy atom. The average molecular weight is 473 g/mol. The smallest absolute Gasteiger partial charge is 0.280 e. The van der Waals surface area contributed by atoms with Gasteiger partial charge in [-0.3, -0.25) is 10.1 Å². The molecule has 1 N–H and O–H groups in total. The third-order valence-electron chi connectivity index (χ3n) is 4.18. The summed E-state index contributed by atoms with van der Waals surface area (Å²) >= 11 is 9.44. The van der Waals surface area contributed by atoms with Gasteiger partial charge in [-0.05, 0) is 42.8 Å². The first-order valence-corrected chi connectivity index (χ1v) is 9.80. The number of nitrogens with one attached hydrogen (secondary N) is 1. The molecule has 2 aromatic carbocycles. The summed E-state index contributed by atoms with van der Waals surface area (Å²) in [7, 11) is 0. The molecule has 0 fully saturated rings. The van der Waals surface area contributed by atoms with Gasteiger partial charge in [0, 0.05) is 9.50 Å². The van der Waals surface area contributed by atoms with E-state index in [1.54, 1.807) is 40.8 Å². The number of rotatable bonds is 5. The Hall–Kier alpha value is -3.04. The van der Waals surface area contributed by atoms with Crippen LogP contribution in [0.1, 0.15) is 21.7 Å². The van der Waals surface area contributed by atoms with Gasteiger partial charge in [-0.25, -0.2) is 14.3 Å². The maximum atomic E-state index is 12.6. The highest BCUT2D eigenvalue weighted by atomic mass is 79.9. The van der Waals surface area contributed by atoms with E-state index < -0.39 is 5.91 Å². The molecule has 0 saturated heterocycles. The van der Waals surface area contributed by atoms with E-state index in [0.29, 0.717) is 17.3 Å². The Balaban J connectivity index is 1.47. The van der Waals surface area contributed by atoms with Gasteiger partial charge in [-0.2, -0.15) is 0 Å². The number of carbonyl (C=O) groups is 1. The molecule has 1 amide bonds. The molecule has 0 spiro atoms. The fourth-order valence-corrected chi connectivity index (χ4v) is 3.21. The number of amides is 1. The highest BCUT2D eigenvalue weighted by Gasteiger charge is 2.19. The molecular formula is C19H15BrClN7O. The fraction of sp³-hybridized carbons (Fsp3) is 0.105. The van der Waals surface area contributed by atoms with Crippen molar-refractivity contribution < 1.29 is 4.79 Å². The first-order valence-electron chi connectivity index (χ1n) is 8.63. The van der Waals surface area contributed by atoms with Gasteiger partial charge in [0.05, 0.1) is 17.9 Å². The fourth-order valence-electron chi connectivity index (χ4n) is 2.76. The molecule has 0 aliphatic rings. The Labute approximate surface area is 179 Å². The predicted octanol–water partition coefficient (Wildman–Crippen LogP) is 3.88. The number of halogens is 2. The summed E-state index contributed by atoms with van der Waals surface area (Å²) in [4.78, 5) is 16.7. The van der Waals surface area contributed by atoms with Crippen LogP contribution in [0.25, 0.3) is 5.69 Å². The highest BCUT2D eigenvalue weighted by Crippen LogP contribution is 2.17. The quantitative estimate of drug-likeness (QED) is 0.476. The van der Waals surface area contributed by atoms with Crippen LogP contribution in [0.5, 0.6) is 0 Å². The first kappa shape index (κ1) is 19.3. The number of anilines is 1. The molecule has 8 nitrogen and oxygen atoms in total. The summed E-state index contributed by atoms with van der Waals surface area (Å²) in [5, 5.41) is 15.6. The molecule has 2 heterocycles. The molecule has 10 heteroatoms. The molecule has 0 aliphatic heterocycles. The van der Waals surface area contributed by atoms with E-state index in [1.807, 2.05) is 30.3 Å². The number of carbonyl (C=O) groups excluding carboxylic acids is 1. The average Bonchev–Trinajstić information content (AvgIpc) is 3.30. The van der Waals surface area contributed by atoms with E-state index >= 15 is 0 Å². The van der Waals surface area contributed by atoms with Crippen LogP contribution in [0.2, 0.25) is 5.02 Å². The van der Waals surface area contributed by atoms with E-state index in [2.05, 4.69) is 41.6 Å². The zero-order chi connectivity index (χ0) is 20.4. The second kappa shape index (κ2) is 8.14. The lowest BCUT2D eigenvalue weighted by molar-refractivity contribution is 0.102. The Bertz CT molecular complexity index is 1170. The summed E-state index contributed by atoms with van der Waals surface area (Å²) in [5.74, 6) is -0.235. The van der Waals surface area contributed by atoms with Crippen molar-refractivity contribution >= 4 is 39.4 Å². The van der Waals surface area contributed by atoms with Crippen molar-refractivity contribution in [2.45, 2.75) is 13.5 Å². The molecule has 4 aromatic rings. The van der Waals surface area contributed by atoms with Gasteiger partial charge in [0.2, 0.25) is 5.95 Å². The molecular weight excluding hydrogens is 458 g/mol. The van der Waals surface area contributed by atoms with Crippen molar-refractivity contribution in [2.24, 2.45) is 0 Å². The summed E-state index contributed by atoms with van der Waals surface area (Å²) in [5.41, 5.74) is 2.56. The van der Waals surface area contributed by atoms with Crippen LogP contribution in [-0.2, 0) is 6.54 Å². The lowest BCUT2D eigenvalue weighted by atomic mass is 10.2. The topological polar surface area (TPSA) is 90.5 Å². The third-order valence-corrected chi connectivity index (χ3v) is 4.95. The minimum Gasteiger partial charge on any atom is -0.288 e. The normalized spacial score (nSPS) is 10.9. The van der Waals surface area contributed by atoms with Crippen LogP contribution in [-0.4, -0.2) is 35.7 Å². The SMILES string of the molecule is Cc1c(C(=O)Nc2ncn(Cc3ccc(Br)cc3)n2)nnn1-c1cccc(Cl)c1. The second-order valence-electron chi connectivity index (χ2n) is 6.26. The first-order chi connectivity index (χ1) is 14.0. The van der Waals surface area contributed by atoms with Crippen molar-refractivity contribution in [1.82, 2.24) is 29.8 Å². The van der Waals surface area contributed by atoms with Crippen molar-refractivity contribution in [1.29, 1.82) is 0 Å². The van der Waals surface area contributed by atoms with Crippen molar-refractivity contribution in [3.63, 3.8) is 0 Å². The molecule has 29 heavy (non-hydrogen) atoms. The van der Waals surface area contributed by atoms with Crippen molar-refractivity contribution in [3.05, 3.63) is 81.3 Å². The molecule has 146 valence electrons. The molecule has 4 rings (SSSR count). The van der Waals surface area contributed by atoms with Gasteiger partial charge in [-0.1, -0.05) is 50.9 Å². The lowest BCUT2D eigenvalue weighted by Crippen LogP contribution is -2.15. The van der Waals surface area contributed by atoms with Crippen LogP contribution in [0.15, 0.2) is 59.3 Å². The van der Waals surface area contributed by atoms with E-state index in [1.165, 1.54) is 0 Å². The van der Waals surface area contributed by atoms with Crippen molar-refractivity contribution in [2.75, 3.05) is 5.32 Å². The Kier molecular flexibility index (Phi) is 5.41. The third kappa shape index (κ3) is 4.36. The summed E-state index contributed by atoms with van der Waals surface area (Å²) in [6.45, 7) is 2.30. The molecule has 0 aliphatic carbocycles. The van der Waals surface area contributed by atoms with Crippen molar-refractivity contribution in [3.8, 4) is 5.69 Å². The van der Waals surface area contributed by atoms with E-state index in [-0.39, 0.29) is 11.6 Å². The maximum absolute atomic E-state index is 12.6. The number of benzene rings is 2. The van der Waals surface area contributed by atoms with Crippen LogP contribution in [0.3, 0.4) is 0 Å². The largest absolute Gasteiger partial charge is 0.288 e. The lowest BCUT2D eigenvalue weighted by Gasteiger charge is -2.04. The maximum Gasteiger partial charge on any atom is 0.280 e. The van der Waals surface area contributed by atoms with E-state index in [4.69, 9.17) is 11.6 Å². The predicted molar refractivity (Wildman–Crippen MR) is 112 cm³/mol. The molecule has 0 unspecified atom stereocenters. The molecule has 2 aromatic heterocycles. The zero-order valence-corrected chi connectivity index (χ0v) is 17.6. The Morgan fingerprint density at radius 3 is 2.76 bits per heavy atom. The van der Waals surface area contributed by atoms with Crippen LogP contribution in [0, 0.1) is 6.92 Å². The minimum atomic E-state index is -0.433. The van der Waals surface area contributed by atoms with Crippen LogP contribution >= 0.6 is 27.5 Å². The monoisotopic (exact) mass is 471 g/mol. The van der Waals surface area contributed by atoms with Gasteiger partial charge in [-0.15, -0.1) is 10.2 Å². The van der Waals surface area contributed by atoms with Gasteiger partial charge >= 0.3 is 0 Å². The summed E-state index contributed by atoms with van der Waals surface area (Å²) in [6.07, 6.45) is 1.56.